The van der Waals surface area contributed by atoms with Gasteiger partial charge in [-0.2, -0.15) is 0 Å². The second-order valence-electron chi connectivity index (χ2n) is 7.99. The van der Waals surface area contributed by atoms with Crippen molar-refractivity contribution in [1.82, 2.24) is 9.13 Å². The van der Waals surface area contributed by atoms with Gasteiger partial charge < -0.3 is 0 Å². The predicted octanol–water partition coefficient (Wildman–Crippen LogP) is 4.87. The van der Waals surface area contributed by atoms with Crippen molar-refractivity contribution in [2.75, 3.05) is 0 Å². The Morgan fingerprint density at radius 3 is 2.28 bits per heavy atom. The van der Waals surface area contributed by atoms with Crippen LogP contribution in [0.1, 0.15) is 43.7 Å². The molecule has 4 heteroatoms. The van der Waals surface area contributed by atoms with Gasteiger partial charge in [0, 0.05) is 6.04 Å². The smallest absolute Gasteiger partial charge is 0.289 e. The van der Waals surface area contributed by atoms with Crippen molar-refractivity contribution >= 4 is 21.7 Å². The molecule has 0 atom stereocenters. The predicted molar refractivity (Wildman–Crippen MR) is 118 cm³/mol. The van der Waals surface area contributed by atoms with Crippen molar-refractivity contribution in [3.63, 3.8) is 0 Å². The maximum absolute atomic E-state index is 13.6. The second-order valence-corrected chi connectivity index (χ2v) is 7.99. The Bertz CT molecular complexity index is 1300. The Hall–Kier alpha value is -3.14. The first-order valence-corrected chi connectivity index (χ1v) is 10.4. The summed E-state index contributed by atoms with van der Waals surface area (Å²) in [5.74, 6) is 0. The van der Waals surface area contributed by atoms with Gasteiger partial charge in [0.25, 0.3) is 5.56 Å². The molecule has 1 heterocycles. The van der Waals surface area contributed by atoms with E-state index in [9.17, 15) is 9.59 Å². The van der Waals surface area contributed by atoms with Crippen molar-refractivity contribution in [3.05, 3.63) is 93.1 Å². The highest BCUT2D eigenvalue weighted by atomic mass is 16.2. The van der Waals surface area contributed by atoms with Crippen molar-refractivity contribution in [3.8, 4) is 0 Å². The maximum Gasteiger partial charge on any atom is 0.332 e. The average Bonchev–Trinajstić information content (AvgIpc) is 2.77. The molecule has 0 aliphatic heterocycles. The van der Waals surface area contributed by atoms with E-state index in [1.54, 1.807) is 4.57 Å². The molecule has 3 aromatic carbocycles. The van der Waals surface area contributed by atoms with E-state index in [1.807, 2.05) is 42.5 Å². The lowest BCUT2D eigenvalue weighted by molar-refractivity contribution is 0.333. The van der Waals surface area contributed by atoms with Crippen LogP contribution in [0.15, 0.2) is 76.3 Å². The van der Waals surface area contributed by atoms with Crippen LogP contribution in [-0.2, 0) is 6.54 Å². The summed E-state index contributed by atoms with van der Waals surface area (Å²) >= 11 is 0. The minimum absolute atomic E-state index is 0.00660. The summed E-state index contributed by atoms with van der Waals surface area (Å²) in [7, 11) is 0. The monoisotopic (exact) mass is 384 g/mol. The van der Waals surface area contributed by atoms with E-state index in [2.05, 4.69) is 24.3 Å². The Morgan fingerprint density at radius 1 is 0.759 bits per heavy atom. The van der Waals surface area contributed by atoms with Gasteiger partial charge in [0.15, 0.2) is 0 Å². The lowest BCUT2D eigenvalue weighted by atomic mass is 9.95. The summed E-state index contributed by atoms with van der Waals surface area (Å²) in [6.45, 7) is 0.452. The molecule has 1 aliphatic carbocycles. The Balaban J connectivity index is 1.74. The number of benzene rings is 3. The van der Waals surface area contributed by atoms with Crippen LogP contribution < -0.4 is 11.2 Å². The normalized spacial score (nSPS) is 15.2. The zero-order valence-electron chi connectivity index (χ0n) is 16.4. The molecule has 0 bridgehead atoms. The van der Waals surface area contributed by atoms with Gasteiger partial charge in [-0.3, -0.25) is 13.9 Å². The Labute approximate surface area is 169 Å². The molecule has 146 valence electrons. The molecule has 0 amide bonds. The van der Waals surface area contributed by atoms with Crippen LogP contribution >= 0.6 is 0 Å². The zero-order valence-corrected chi connectivity index (χ0v) is 16.4. The molecule has 0 N–H and O–H groups in total. The standard InChI is InChI=1S/C25H24N2O2/c28-24-22-15-6-7-16-23(22)26(25(29)27(24)20-12-2-1-3-13-20)17-19-11-8-10-18-9-4-5-14-21(18)19/h4-11,14-16,20H,1-3,12-13,17H2. The number of para-hydroxylation sites is 1. The summed E-state index contributed by atoms with van der Waals surface area (Å²) in [5, 5.41) is 2.92. The average molecular weight is 384 g/mol. The molecule has 29 heavy (non-hydrogen) atoms. The van der Waals surface area contributed by atoms with Gasteiger partial charge in [-0.1, -0.05) is 73.9 Å². The number of aromatic nitrogens is 2. The first-order valence-electron chi connectivity index (χ1n) is 10.4. The van der Waals surface area contributed by atoms with E-state index >= 15 is 0 Å². The summed E-state index contributed by atoms with van der Waals surface area (Å²) in [5.41, 5.74) is 1.46. The maximum atomic E-state index is 13.6. The highest BCUT2D eigenvalue weighted by Gasteiger charge is 2.22. The summed E-state index contributed by atoms with van der Waals surface area (Å²) in [6, 6.07) is 21.9. The largest absolute Gasteiger partial charge is 0.332 e. The van der Waals surface area contributed by atoms with Crippen LogP contribution in [0.3, 0.4) is 0 Å². The molecule has 1 fully saturated rings. The number of hydrogen-bond donors (Lipinski definition) is 0. The molecule has 0 radical (unpaired) electrons. The molecule has 0 saturated heterocycles. The fourth-order valence-corrected chi connectivity index (χ4v) is 4.75. The molecular weight excluding hydrogens is 360 g/mol. The molecule has 4 nitrogen and oxygen atoms in total. The molecule has 1 aromatic heterocycles. The molecule has 4 aromatic rings. The number of fused-ring (bicyclic) bond motifs is 2. The fraction of sp³-hybridized carbons (Fsp3) is 0.280. The van der Waals surface area contributed by atoms with Gasteiger partial charge >= 0.3 is 5.69 Å². The minimum Gasteiger partial charge on any atom is -0.289 e. The first-order chi connectivity index (χ1) is 14.2. The quantitative estimate of drug-likeness (QED) is 0.506. The van der Waals surface area contributed by atoms with Gasteiger partial charge in [0.2, 0.25) is 0 Å². The highest BCUT2D eigenvalue weighted by molar-refractivity contribution is 5.86. The molecule has 5 rings (SSSR count). The topological polar surface area (TPSA) is 44.0 Å². The van der Waals surface area contributed by atoms with E-state index in [0.717, 1.165) is 42.0 Å². The van der Waals surface area contributed by atoms with E-state index in [1.165, 1.54) is 11.0 Å². The van der Waals surface area contributed by atoms with Gasteiger partial charge in [-0.05, 0) is 41.3 Å². The molecule has 0 unspecified atom stereocenters. The molecular formula is C25H24N2O2. The lowest BCUT2D eigenvalue weighted by Crippen LogP contribution is -2.43. The van der Waals surface area contributed by atoms with Crippen LogP contribution in [0.25, 0.3) is 21.7 Å². The van der Waals surface area contributed by atoms with Crippen molar-refractivity contribution in [1.29, 1.82) is 0 Å². The van der Waals surface area contributed by atoms with Crippen LogP contribution in [0.5, 0.6) is 0 Å². The SMILES string of the molecule is O=c1c2ccccc2n(Cc2cccc3ccccc23)c(=O)n1C1CCCCC1. The van der Waals surface area contributed by atoms with Crippen LogP contribution in [-0.4, -0.2) is 9.13 Å². The van der Waals surface area contributed by atoms with Gasteiger partial charge in [-0.25, -0.2) is 4.79 Å². The Morgan fingerprint density at radius 2 is 1.45 bits per heavy atom. The number of hydrogen-bond acceptors (Lipinski definition) is 2. The first kappa shape index (κ1) is 17.9. The van der Waals surface area contributed by atoms with Crippen LogP contribution in [0.2, 0.25) is 0 Å². The van der Waals surface area contributed by atoms with E-state index in [4.69, 9.17) is 0 Å². The van der Waals surface area contributed by atoms with E-state index in [-0.39, 0.29) is 17.3 Å². The van der Waals surface area contributed by atoms with Crippen molar-refractivity contribution in [2.24, 2.45) is 0 Å². The van der Waals surface area contributed by atoms with Crippen molar-refractivity contribution < 1.29 is 0 Å². The lowest BCUT2D eigenvalue weighted by Gasteiger charge is -2.25. The fourth-order valence-electron chi connectivity index (χ4n) is 4.75. The molecule has 1 saturated carbocycles. The van der Waals surface area contributed by atoms with E-state index < -0.39 is 0 Å². The second kappa shape index (κ2) is 7.36. The third-order valence-corrected chi connectivity index (χ3v) is 6.23. The van der Waals surface area contributed by atoms with Crippen molar-refractivity contribution in [2.45, 2.75) is 44.7 Å². The minimum atomic E-state index is -0.187. The van der Waals surface area contributed by atoms with Gasteiger partial charge in [0.05, 0.1) is 17.4 Å². The molecule has 0 spiro atoms. The summed E-state index contributed by atoms with van der Waals surface area (Å²) in [4.78, 5) is 26.8. The van der Waals surface area contributed by atoms with E-state index in [0.29, 0.717) is 17.4 Å². The highest BCUT2D eigenvalue weighted by Crippen LogP contribution is 2.27. The zero-order chi connectivity index (χ0) is 19.8. The summed E-state index contributed by atoms with van der Waals surface area (Å²) in [6.07, 6.45) is 5.14. The third-order valence-electron chi connectivity index (χ3n) is 6.23. The van der Waals surface area contributed by atoms with Crippen LogP contribution in [0.4, 0.5) is 0 Å². The Kier molecular flexibility index (Phi) is 4.55. The van der Waals surface area contributed by atoms with Crippen LogP contribution in [0, 0.1) is 0 Å². The number of rotatable bonds is 3. The van der Waals surface area contributed by atoms with Gasteiger partial charge in [0.1, 0.15) is 0 Å². The molecule has 1 aliphatic rings. The number of nitrogens with zero attached hydrogens (tertiary/aromatic N) is 2. The van der Waals surface area contributed by atoms with Gasteiger partial charge in [-0.15, -0.1) is 0 Å². The third kappa shape index (κ3) is 3.09. The summed E-state index contributed by atoms with van der Waals surface area (Å²) < 4.78 is 3.32.